The normalized spacial score (nSPS) is 31.6. The number of amides is 2. The minimum Gasteiger partial charge on any atom is -0.483 e. The van der Waals surface area contributed by atoms with Crippen molar-refractivity contribution in [2.75, 3.05) is 26.9 Å². The first-order valence-corrected chi connectivity index (χ1v) is 17.5. The molecule has 1 saturated carbocycles. The van der Waals surface area contributed by atoms with Crippen molar-refractivity contribution in [3.05, 3.63) is 84.4 Å². The third-order valence-electron chi connectivity index (χ3n) is 11.4. The number of fused-ring (bicyclic) bond motifs is 1. The summed E-state index contributed by atoms with van der Waals surface area (Å²) in [7, 11) is 1.67. The monoisotopic (exact) mass is 682 g/mol. The van der Waals surface area contributed by atoms with Gasteiger partial charge in [-0.25, -0.2) is 4.99 Å². The lowest BCUT2D eigenvalue weighted by Crippen LogP contribution is -2.73. The standard InChI is InChI=1S/C20H24N2O3.C13H14N2O2.C7H12O/c1-18(2)9-10-20-14(18)11-19(16(21-20)24-3)12-25-15(22(19)17(20)23)13-7-5-4-6-8-13;1-9-11-8-17-13(10-5-3-2-4-6-10)15(11)12(16)7-14-9;1-4-7(2,3)5-6-8/h4-8,14-15H,9-12H2,1-3H3;2-6,11,13H,7-8H2,1H3;4,6H,1,5H2,2-3H3/t14-,15+,19?,20?;11-,13+;/m00./s1. The van der Waals surface area contributed by atoms with Gasteiger partial charge in [-0.05, 0) is 37.0 Å². The lowest BCUT2D eigenvalue weighted by molar-refractivity contribution is -0.157. The highest BCUT2D eigenvalue weighted by molar-refractivity contribution is 6.04. The first-order valence-electron chi connectivity index (χ1n) is 17.5. The molecule has 2 unspecified atom stereocenters. The second-order valence-corrected chi connectivity index (χ2v) is 15.5. The van der Waals surface area contributed by atoms with Crippen LogP contribution < -0.4 is 0 Å². The molecule has 266 valence electrons. The lowest BCUT2D eigenvalue weighted by Gasteiger charge is -2.56. The third kappa shape index (κ3) is 6.00. The Labute approximate surface area is 295 Å². The number of hydrogen-bond acceptors (Lipinski definition) is 8. The summed E-state index contributed by atoms with van der Waals surface area (Å²) in [5.74, 6) is 1.11. The van der Waals surface area contributed by atoms with Gasteiger partial charge < -0.3 is 23.9 Å². The van der Waals surface area contributed by atoms with E-state index >= 15 is 0 Å². The molecule has 4 fully saturated rings. The third-order valence-corrected chi connectivity index (χ3v) is 11.4. The Balaban J connectivity index is 0.000000149. The number of methoxy groups -OCH3 is 1. The number of carbonyl (C=O) groups excluding carboxylic acids is 3. The van der Waals surface area contributed by atoms with Crippen LogP contribution in [0.15, 0.2) is 83.3 Å². The highest BCUT2D eigenvalue weighted by atomic mass is 16.5. The van der Waals surface area contributed by atoms with Gasteiger partial charge in [-0.3, -0.25) is 19.5 Å². The molecule has 0 aromatic heterocycles. The number of allylic oxidation sites excluding steroid dienone is 1. The lowest BCUT2D eigenvalue weighted by atomic mass is 9.63. The second kappa shape index (κ2) is 13.5. The van der Waals surface area contributed by atoms with Gasteiger partial charge in [0, 0.05) is 29.2 Å². The predicted octanol–water partition coefficient (Wildman–Crippen LogP) is 6.09. The summed E-state index contributed by atoms with van der Waals surface area (Å²) in [6.07, 6.45) is 5.37. The molecule has 50 heavy (non-hydrogen) atoms. The van der Waals surface area contributed by atoms with E-state index in [0.717, 1.165) is 42.4 Å². The highest BCUT2D eigenvalue weighted by Crippen LogP contribution is 2.63. The summed E-state index contributed by atoms with van der Waals surface area (Å²) < 4.78 is 17.6. The van der Waals surface area contributed by atoms with Crippen LogP contribution in [0.1, 0.15) is 83.9 Å². The molecule has 6 atom stereocenters. The zero-order chi connectivity index (χ0) is 35.9. The largest absolute Gasteiger partial charge is 0.483 e. The molecule has 6 heterocycles. The van der Waals surface area contributed by atoms with Gasteiger partial charge in [-0.1, -0.05) is 94.4 Å². The van der Waals surface area contributed by atoms with Crippen LogP contribution in [0.25, 0.3) is 0 Å². The summed E-state index contributed by atoms with van der Waals surface area (Å²) in [5.41, 5.74) is 1.91. The Morgan fingerprint density at radius 1 is 1.00 bits per heavy atom. The molecule has 2 aromatic carbocycles. The summed E-state index contributed by atoms with van der Waals surface area (Å²) >= 11 is 0. The van der Waals surface area contributed by atoms with E-state index < -0.39 is 11.1 Å². The minimum atomic E-state index is -0.669. The second-order valence-electron chi connectivity index (χ2n) is 15.5. The molecule has 0 radical (unpaired) electrons. The highest BCUT2D eigenvalue weighted by Gasteiger charge is 2.74. The van der Waals surface area contributed by atoms with Gasteiger partial charge in [0.1, 0.15) is 23.9 Å². The number of aldehydes is 1. The summed E-state index contributed by atoms with van der Waals surface area (Å²) in [6, 6.07) is 19.9. The van der Waals surface area contributed by atoms with E-state index in [1.54, 1.807) is 13.2 Å². The van der Waals surface area contributed by atoms with Crippen molar-refractivity contribution in [2.45, 2.75) is 89.9 Å². The van der Waals surface area contributed by atoms with Crippen molar-refractivity contribution in [1.29, 1.82) is 0 Å². The van der Waals surface area contributed by atoms with Crippen LogP contribution in [0.2, 0.25) is 0 Å². The fourth-order valence-corrected chi connectivity index (χ4v) is 8.30. The summed E-state index contributed by atoms with van der Waals surface area (Å²) in [6.45, 7) is 15.3. The average Bonchev–Trinajstić information content (AvgIpc) is 3.82. The molecular formula is C40H50N4O6. The molecule has 7 aliphatic rings. The van der Waals surface area contributed by atoms with Gasteiger partial charge in [0.05, 0.1) is 26.4 Å². The van der Waals surface area contributed by atoms with Gasteiger partial charge in [-0.2, -0.15) is 0 Å². The smallest absolute Gasteiger partial charge is 0.254 e. The number of aliphatic imine (C=N–C) groups is 2. The number of nitrogens with zero attached hydrogens (tertiary/aromatic N) is 4. The maximum absolute atomic E-state index is 13.7. The number of benzene rings is 2. The van der Waals surface area contributed by atoms with Gasteiger partial charge in [0.25, 0.3) is 5.91 Å². The van der Waals surface area contributed by atoms with Crippen molar-refractivity contribution >= 4 is 29.7 Å². The van der Waals surface area contributed by atoms with Crippen molar-refractivity contribution in [1.82, 2.24) is 9.80 Å². The van der Waals surface area contributed by atoms with Gasteiger partial charge in [0.2, 0.25) is 11.8 Å². The zero-order valence-electron chi connectivity index (χ0n) is 30.1. The number of hydrogen-bond donors (Lipinski definition) is 0. The van der Waals surface area contributed by atoms with E-state index in [1.165, 1.54) is 0 Å². The number of ether oxygens (including phenoxy) is 3. The van der Waals surface area contributed by atoms with Gasteiger partial charge in [0.15, 0.2) is 12.5 Å². The van der Waals surface area contributed by atoms with Crippen molar-refractivity contribution in [2.24, 2.45) is 26.7 Å². The summed E-state index contributed by atoms with van der Waals surface area (Å²) in [4.78, 5) is 48.5. The average molecular weight is 683 g/mol. The minimum absolute atomic E-state index is 0.0122. The van der Waals surface area contributed by atoms with Crippen LogP contribution >= 0.6 is 0 Å². The quantitative estimate of drug-likeness (QED) is 0.279. The van der Waals surface area contributed by atoms with E-state index in [-0.39, 0.29) is 53.6 Å². The Hall–Kier alpha value is -4.15. The Kier molecular flexibility index (Phi) is 9.65. The van der Waals surface area contributed by atoms with Crippen LogP contribution in [-0.4, -0.2) is 83.5 Å². The molecule has 0 N–H and O–H groups in total. The van der Waals surface area contributed by atoms with E-state index in [4.69, 9.17) is 19.2 Å². The first-order chi connectivity index (χ1) is 23.8. The molecule has 10 nitrogen and oxygen atoms in total. The fourth-order valence-electron chi connectivity index (χ4n) is 8.30. The number of rotatable bonds is 5. The zero-order valence-corrected chi connectivity index (χ0v) is 30.1. The molecular weight excluding hydrogens is 632 g/mol. The molecule has 9 rings (SSSR count). The van der Waals surface area contributed by atoms with E-state index in [0.29, 0.717) is 25.5 Å². The van der Waals surface area contributed by atoms with E-state index in [1.807, 2.05) is 91.2 Å². The van der Waals surface area contributed by atoms with Crippen molar-refractivity contribution < 1.29 is 28.6 Å². The molecule has 2 amide bonds. The van der Waals surface area contributed by atoms with Crippen molar-refractivity contribution in [3.63, 3.8) is 0 Å². The number of carbonyl (C=O) groups is 3. The SMILES string of the molecule is C=CC(C)(C)CC=O.CC1=NCC(=O)N2[C@@H](c3ccccc3)OC[C@@H]12.COC1=NC23CCC(C)(C)[C@@H]2CC12CO[C@H](c1ccccc1)N2C3=O. The van der Waals surface area contributed by atoms with E-state index in [9.17, 15) is 14.4 Å². The molecule has 2 bridgehead atoms. The first kappa shape index (κ1) is 35.7. The maximum Gasteiger partial charge on any atom is 0.254 e. The molecule has 2 aromatic rings. The van der Waals surface area contributed by atoms with Crippen LogP contribution in [0.3, 0.4) is 0 Å². The molecule has 6 aliphatic heterocycles. The van der Waals surface area contributed by atoms with Crippen LogP contribution in [0, 0.1) is 16.7 Å². The molecule has 10 heteroatoms. The van der Waals surface area contributed by atoms with E-state index in [2.05, 4.69) is 25.4 Å². The number of piperidine rings is 1. The van der Waals surface area contributed by atoms with Crippen LogP contribution in [0.5, 0.6) is 0 Å². The Morgan fingerprint density at radius 2 is 1.64 bits per heavy atom. The fraction of sp³-hybridized carbons (Fsp3) is 0.525. The topological polar surface area (TPSA) is 110 Å². The van der Waals surface area contributed by atoms with Crippen LogP contribution in [0.4, 0.5) is 0 Å². The van der Waals surface area contributed by atoms with Crippen molar-refractivity contribution in [3.8, 4) is 0 Å². The van der Waals surface area contributed by atoms with Gasteiger partial charge in [-0.15, -0.1) is 6.58 Å². The maximum atomic E-state index is 13.7. The Bertz CT molecular complexity index is 1670. The molecule has 1 aliphatic carbocycles. The predicted molar refractivity (Wildman–Crippen MR) is 191 cm³/mol. The summed E-state index contributed by atoms with van der Waals surface area (Å²) in [5, 5.41) is 0. The van der Waals surface area contributed by atoms with Gasteiger partial charge >= 0.3 is 0 Å². The molecule has 2 spiro atoms. The Morgan fingerprint density at radius 3 is 2.22 bits per heavy atom. The van der Waals surface area contributed by atoms with Crippen LogP contribution in [-0.2, 0) is 28.6 Å². The molecule has 3 saturated heterocycles.